The Balaban J connectivity index is 1.84. The van der Waals surface area contributed by atoms with Crippen molar-refractivity contribution >= 4 is 17.6 Å². The van der Waals surface area contributed by atoms with Crippen LogP contribution in [0.2, 0.25) is 0 Å². The molecule has 0 radical (unpaired) electrons. The predicted octanol–water partition coefficient (Wildman–Crippen LogP) is 1.81. The number of benzene rings is 1. The second-order valence-electron chi connectivity index (χ2n) is 5.48. The maximum absolute atomic E-state index is 12.8. The maximum Gasteiger partial charge on any atom is 0.418 e. The third kappa shape index (κ3) is 4.85. The van der Waals surface area contributed by atoms with E-state index in [1.54, 1.807) is 0 Å². The molecule has 24 heavy (non-hydrogen) atoms. The summed E-state index contributed by atoms with van der Waals surface area (Å²) in [6.45, 7) is 0.461. The molecule has 6 nitrogen and oxygen atoms in total. The van der Waals surface area contributed by atoms with Gasteiger partial charge in [0.15, 0.2) is 0 Å². The van der Waals surface area contributed by atoms with Crippen LogP contribution in [-0.2, 0) is 11.0 Å². The number of hydrogen-bond acceptors (Lipinski definition) is 3. The molecule has 2 rings (SSSR count). The van der Waals surface area contributed by atoms with E-state index in [0.29, 0.717) is 13.0 Å². The molecular weight excluding hydrogens is 327 g/mol. The molecule has 1 aliphatic rings. The Morgan fingerprint density at radius 2 is 2.04 bits per heavy atom. The van der Waals surface area contributed by atoms with Gasteiger partial charge in [-0.15, -0.1) is 0 Å². The first-order valence-electron chi connectivity index (χ1n) is 7.44. The summed E-state index contributed by atoms with van der Waals surface area (Å²) in [6.07, 6.45) is -4.40. The van der Waals surface area contributed by atoms with E-state index < -0.39 is 23.9 Å². The van der Waals surface area contributed by atoms with E-state index in [-0.39, 0.29) is 24.7 Å². The van der Waals surface area contributed by atoms with Crippen LogP contribution in [0.3, 0.4) is 0 Å². The number of amides is 3. The van der Waals surface area contributed by atoms with Gasteiger partial charge in [0, 0.05) is 26.1 Å². The lowest BCUT2D eigenvalue weighted by molar-refractivity contribution is -0.137. The van der Waals surface area contributed by atoms with Crippen LogP contribution in [0.4, 0.5) is 23.7 Å². The minimum atomic E-state index is -4.58. The Labute approximate surface area is 136 Å². The summed E-state index contributed by atoms with van der Waals surface area (Å²) in [5.41, 5.74) is -1.32. The molecule has 0 saturated carbocycles. The third-order valence-corrected chi connectivity index (χ3v) is 3.58. The van der Waals surface area contributed by atoms with E-state index in [1.807, 2.05) is 0 Å². The molecule has 3 amide bonds. The highest BCUT2D eigenvalue weighted by molar-refractivity contribution is 5.90. The summed E-state index contributed by atoms with van der Waals surface area (Å²) in [5.74, 6) is -0.0578. The minimum absolute atomic E-state index is 0.0578. The van der Waals surface area contributed by atoms with E-state index in [4.69, 9.17) is 0 Å². The number of likely N-dealkylation sites (tertiary alicyclic amines) is 1. The lowest BCUT2D eigenvalue weighted by Crippen LogP contribution is -2.42. The Morgan fingerprint density at radius 3 is 2.67 bits per heavy atom. The van der Waals surface area contributed by atoms with Gasteiger partial charge < -0.3 is 20.6 Å². The number of anilines is 1. The van der Waals surface area contributed by atoms with Crippen molar-refractivity contribution in [2.75, 3.05) is 25.0 Å². The molecule has 0 aromatic heterocycles. The second kappa shape index (κ2) is 7.52. The Morgan fingerprint density at radius 1 is 1.33 bits per heavy atom. The Kier molecular flexibility index (Phi) is 5.66. The van der Waals surface area contributed by atoms with Crippen molar-refractivity contribution in [1.82, 2.24) is 10.2 Å². The third-order valence-electron chi connectivity index (χ3n) is 3.58. The first kappa shape index (κ1) is 18.1. The standard InChI is InChI=1S/C15H18F3N3O3/c16-15(17,18)11-4-1-2-5-12(11)20-14(24)19-8-10(22)9-21-7-3-6-13(21)23/h1-2,4-5,10,22H,3,6-9H2,(H2,19,20,24)/t10-/m0/s1. The molecule has 0 aliphatic carbocycles. The topological polar surface area (TPSA) is 81.7 Å². The molecule has 1 atom stereocenters. The fourth-order valence-electron chi connectivity index (χ4n) is 2.43. The van der Waals surface area contributed by atoms with Gasteiger partial charge >= 0.3 is 12.2 Å². The molecule has 1 aromatic carbocycles. The van der Waals surface area contributed by atoms with Gasteiger partial charge in [-0.25, -0.2) is 4.79 Å². The Hall–Kier alpha value is -2.29. The fraction of sp³-hybridized carbons (Fsp3) is 0.467. The highest BCUT2D eigenvalue weighted by Crippen LogP contribution is 2.34. The lowest BCUT2D eigenvalue weighted by atomic mass is 10.1. The number of halogens is 3. The largest absolute Gasteiger partial charge is 0.418 e. The van der Waals surface area contributed by atoms with Gasteiger partial charge in [-0.3, -0.25) is 4.79 Å². The average molecular weight is 345 g/mol. The van der Waals surface area contributed by atoms with Gasteiger partial charge in [0.05, 0.1) is 17.4 Å². The fourth-order valence-corrected chi connectivity index (χ4v) is 2.43. The summed E-state index contributed by atoms with van der Waals surface area (Å²) in [4.78, 5) is 24.6. The van der Waals surface area contributed by atoms with Crippen LogP contribution in [-0.4, -0.2) is 47.7 Å². The number of carbonyl (C=O) groups excluding carboxylic acids is 2. The summed E-state index contributed by atoms with van der Waals surface area (Å²) < 4.78 is 38.5. The van der Waals surface area contributed by atoms with Crippen LogP contribution in [0.1, 0.15) is 18.4 Å². The molecule has 3 N–H and O–H groups in total. The SMILES string of the molecule is O=C(NC[C@H](O)CN1CCCC1=O)Nc1ccccc1C(F)(F)F. The van der Waals surface area contributed by atoms with Crippen LogP contribution in [0.5, 0.6) is 0 Å². The lowest BCUT2D eigenvalue weighted by Gasteiger charge is -2.20. The predicted molar refractivity (Wildman–Crippen MR) is 80.3 cm³/mol. The molecule has 0 bridgehead atoms. The number of nitrogens with one attached hydrogen (secondary N) is 2. The van der Waals surface area contributed by atoms with Crippen molar-refractivity contribution in [2.24, 2.45) is 0 Å². The van der Waals surface area contributed by atoms with Gasteiger partial charge in [-0.2, -0.15) is 13.2 Å². The van der Waals surface area contributed by atoms with Crippen molar-refractivity contribution in [3.8, 4) is 0 Å². The van der Waals surface area contributed by atoms with Crippen molar-refractivity contribution in [3.63, 3.8) is 0 Å². The van der Waals surface area contributed by atoms with E-state index in [1.165, 1.54) is 17.0 Å². The van der Waals surface area contributed by atoms with E-state index in [0.717, 1.165) is 18.6 Å². The molecule has 1 fully saturated rings. The summed E-state index contributed by atoms with van der Waals surface area (Å²) >= 11 is 0. The van der Waals surface area contributed by atoms with Crippen LogP contribution in [0, 0.1) is 0 Å². The molecule has 0 spiro atoms. The molecular formula is C15H18F3N3O3. The van der Waals surface area contributed by atoms with Crippen LogP contribution in [0.15, 0.2) is 24.3 Å². The number of urea groups is 1. The van der Waals surface area contributed by atoms with Gasteiger partial charge in [0.25, 0.3) is 0 Å². The summed E-state index contributed by atoms with van der Waals surface area (Å²) in [6, 6.07) is 3.74. The average Bonchev–Trinajstić information content (AvgIpc) is 2.90. The first-order valence-corrected chi connectivity index (χ1v) is 7.44. The monoisotopic (exact) mass is 345 g/mol. The number of nitrogens with zero attached hydrogens (tertiary/aromatic N) is 1. The second-order valence-corrected chi connectivity index (χ2v) is 5.48. The van der Waals surface area contributed by atoms with Crippen LogP contribution in [0.25, 0.3) is 0 Å². The molecule has 1 heterocycles. The maximum atomic E-state index is 12.8. The Bertz CT molecular complexity index is 607. The van der Waals surface area contributed by atoms with Gasteiger partial charge in [-0.05, 0) is 18.6 Å². The number of carbonyl (C=O) groups is 2. The normalized spacial score (nSPS) is 16.2. The minimum Gasteiger partial charge on any atom is -0.389 e. The number of hydrogen-bond donors (Lipinski definition) is 3. The van der Waals surface area contributed by atoms with E-state index in [9.17, 15) is 27.9 Å². The molecule has 0 unspecified atom stereocenters. The zero-order valence-corrected chi connectivity index (χ0v) is 12.8. The highest BCUT2D eigenvalue weighted by Gasteiger charge is 2.33. The molecule has 9 heteroatoms. The molecule has 1 saturated heterocycles. The molecule has 1 aromatic rings. The van der Waals surface area contributed by atoms with Gasteiger partial charge in [0.1, 0.15) is 0 Å². The van der Waals surface area contributed by atoms with Crippen molar-refractivity contribution in [1.29, 1.82) is 0 Å². The number of rotatable bonds is 5. The van der Waals surface area contributed by atoms with Gasteiger partial charge in [0.2, 0.25) is 5.91 Å². The van der Waals surface area contributed by atoms with Crippen LogP contribution >= 0.6 is 0 Å². The first-order chi connectivity index (χ1) is 11.3. The van der Waals surface area contributed by atoms with Crippen molar-refractivity contribution < 1.29 is 27.9 Å². The highest BCUT2D eigenvalue weighted by atomic mass is 19.4. The molecule has 1 aliphatic heterocycles. The number of β-amino-alcohol motifs (C(OH)–C–C–N with tert-alkyl or cyclic N) is 1. The zero-order valence-electron chi connectivity index (χ0n) is 12.8. The quantitative estimate of drug-likeness (QED) is 0.761. The summed E-state index contributed by atoms with van der Waals surface area (Å²) in [5, 5.41) is 14.2. The number of aliphatic hydroxyl groups excluding tert-OH is 1. The molecule has 132 valence electrons. The number of aliphatic hydroxyl groups is 1. The van der Waals surface area contributed by atoms with E-state index in [2.05, 4.69) is 10.6 Å². The number of alkyl halides is 3. The van der Waals surface area contributed by atoms with Gasteiger partial charge in [-0.1, -0.05) is 12.1 Å². The zero-order chi connectivity index (χ0) is 17.7. The number of para-hydroxylation sites is 1. The van der Waals surface area contributed by atoms with E-state index >= 15 is 0 Å². The summed E-state index contributed by atoms with van der Waals surface area (Å²) in [7, 11) is 0. The van der Waals surface area contributed by atoms with Crippen molar-refractivity contribution in [3.05, 3.63) is 29.8 Å². The van der Waals surface area contributed by atoms with Crippen molar-refractivity contribution in [2.45, 2.75) is 25.1 Å². The van der Waals surface area contributed by atoms with Crippen LogP contribution < -0.4 is 10.6 Å². The smallest absolute Gasteiger partial charge is 0.389 e.